The van der Waals surface area contributed by atoms with E-state index in [0.29, 0.717) is 26.2 Å². The molecule has 2 amide bonds. The number of benzene rings is 1. The van der Waals surface area contributed by atoms with Gasteiger partial charge in [-0.25, -0.2) is 4.79 Å². The highest BCUT2D eigenvalue weighted by Gasteiger charge is 2.28. The van der Waals surface area contributed by atoms with Gasteiger partial charge in [0.05, 0.1) is 25.4 Å². The number of nitrogens with zero attached hydrogens (tertiary/aromatic N) is 1. The Hall–Kier alpha value is -1.59. The molecule has 0 radical (unpaired) electrons. The van der Waals surface area contributed by atoms with Crippen LogP contribution in [0.4, 0.5) is 10.5 Å². The quantitative estimate of drug-likeness (QED) is 0.877. The lowest BCUT2D eigenvalue weighted by Gasteiger charge is -2.36. The predicted molar refractivity (Wildman–Crippen MR) is 91.8 cm³/mol. The van der Waals surface area contributed by atoms with Gasteiger partial charge in [0.15, 0.2) is 0 Å². The van der Waals surface area contributed by atoms with E-state index < -0.39 is 6.10 Å². The average Bonchev–Trinajstić information content (AvgIpc) is 2.54. The molecule has 0 spiro atoms. The fourth-order valence-electron chi connectivity index (χ4n) is 3.09. The van der Waals surface area contributed by atoms with Crippen molar-refractivity contribution < 1.29 is 14.6 Å². The molecule has 1 aromatic rings. The third kappa shape index (κ3) is 4.45. The molecule has 1 fully saturated rings. The fourth-order valence-corrected chi connectivity index (χ4v) is 3.09. The van der Waals surface area contributed by atoms with Crippen molar-refractivity contribution in [3.8, 4) is 0 Å². The number of hydrogen-bond donors (Lipinski definition) is 2. The molecule has 0 aliphatic carbocycles. The molecule has 0 aromatic heterocycles. The van der Waals surface area contributed by atoms with Crippen LogP contribution in [-0.4, -0.2) is 47.9 Å². The maximum atomic E-state index is 12.8. The van der Waals surface area contributed by atoms with Crippen molar-refractivity contribution in [1.82, 2.24) is 4.90 Å². The third-order valence-corrected chi connectivity index (χ3v) is 4.33. The number of morpholine rings is 1. The number of aliphatic hydroxyl groups excluding tert-OH is 1. The number of carbonyl (C=O) groups is 1. The van der Waals surface area contributed by atoms with E-state index in [1.54, 1.807) is 11.8 Å². The van der Waals surface area contributed by atoms with Crippen molar-refractivity contribution in [1.29, 1.82) is 0 Å². The lowest BCUT2D eigenvalue weighted by atomic mass is 10.0. The van der Waals surface area contributed by atoms with Gasteiger partial charge < -0.3 is 20.1 Å². The number of urea groups is 1. The zero-order chi connectivity index (χ0) is 16.8. The Bertz CT molecular complexity index is 509. The van der Waals surface area contributed by atoms with E-state index in [1.165, 1.54) is 0 Å². The van der Waals surface area contributed by atoms with Gasteiger partial charge in [-0.3, -0.25) is 0 Å². The molecule has 5 nitrogen and oxygen atoms in total. The van der Waals surface area contributed by atoms with Crippen molar-refractivity contribution in [2.24, 2.45) is 0 Å². The number of amides is 2. The second-order valence-electron chi connectivity index (χ2n) is 6.10. The van der Waals surface area contributed by atoms with Crippen molar-refractivity contribution in [2.45, 2.75) is 52.2 Å². The van der Waals surface area contributed by atoms with Gasteiger partial charge >= 0.3 is 6.03 Å². The zero-order valence-electron chi connectivity index (χ0n) is 14.3. The number of para-hydroxylation sites is 1. The lowest BCUT2D eigenvalue weighted by Crippen LogP contribution is -2.51. The number of rotatable bonds is 5. The molecule has 0 saturated carbocycles. The number of anilines is 1. The van der Waals surface area contributed by atoms with Crippen LogP contribution in [0.1, 0.15) is 38.3 Å². The Labute approximate surface area is 138 Å². The van der Waals surface area contributed by atoms with Crippen LogP contribution in [-0.2, 0) is 17.6 Å². The molecule has 5 heteroatoms. The molecule has 1 aromatic carbocycles. The van der Waals surface area contributed by atoms with Crippen LogP contribution >= 0.6 is 0 Å². The molecule has 1 aliphatic rings. The largest absolute Gasteiger partial charge is 0.393 e. The molecule has 0 unspecified atom stereocenters. The Balaban J connectivity index is 2.17. The minimum atomic E-state index is -0.453. The summed E-state index contributed by atoms with van der Waals surface area (Å²) >= 11 is 0. The number of hydrogen-bond acceptors (Lipinski definition) is 3. The van der Waals surface area contributed by atoms with E-state index in [9.17, 15) is 9.90 Å². The minimum absolute atomic E-state index is 0.0809. The normalized spacial score (nSPS) is 19.5. The number of aryl methyl sites for hydroxylation is 2. The summed E-state index contributed by atoms with van der Waals surface area (Å²) in [6, 6.07) is 5.97. The third-order valence-electron chi connectivity index (χ3n) is 4.33. The first kappa shape index (κ1) is 17.8. The van der Waals surface area contributed by atoms with Crippen molar-refractivity contribution in [3.05, 3.63) is 29.3 Å². The molecule has 1 aliphatic heterocycles. The second-order valence-corrected chi connectivity index (χ2v) is 6.10. The van der Waals surface area contributed by atoms with E-state index in [-0.39, 0.29) is 12.1 Å². The maximum absolute atomic E-state index is 12.8. The summed E-state index contributed by atoms with van der Waals surface area (Å²) in [6.45, 7) is 7.50. The number of nitrogens with one attached hydrogen (secondary N) is 1. The van der Waals surface area contributed by atoms with Gasteiger partial charge in [-0.2, -0.15) is 0 Å². The number of aliphatic hydroxyl groups is 1. The molecular weight excluding hydrogens is 292 g/mol. The van der Waals surface area contributed by atoms with E-state index in [0.717, 1.165) is 29.7 Å². The summed E-state index contributed by atoms with van der Waals surface area (Å²) in [6.07, 6.45) is 1.84. The van der Waals surface area contributed by atoms with Gasteiger partial charge in [0, 0.05) is 12.2 Å². The van der Waals surface area contributed by atoms with Gasteiger partial charge in [-0.05, 0) is 37.3 Å². The van der Waals surface area contributed by atoms with Crippen LogP contribution in [0, 0.1) is 0 Å². The monoisotopic (exact) mass is 320 g/mol. The number of ether oxygens (including phenoxy) is 1. The summed E-state index contributed by atoms with van der Waals surface area (Å²) in [4.78, 5) is 14.6. The average molecular weight is 320 g/mol. The van der Waals surface area contributed by atoms with Crippen molar-refractivity contribution in [2.75, 3.05) is 25.1 Å². The molecule has 128 valence electrons. The van der Waals surface area contributed by atoms with Gasteiger partial charge in [0.25, 0.3) is 0 Å². The van der Waals surface area contributed by atoms with Crippen LogP contribution in [0.2, 0.25) is 0 Å². The van der Waals surface area contributed by atoms with Crippen molar-refractivity contribution >= 4 is 11.7 Å². The van der Waals surface area contributed by atoms with Crippen LogP contribution in [0.3, 0.4) is 0 Å². The van der Waals surface area contributed by atoms with E-state index in [2.05, 4.69) is 31.3 Å². The molecule has 2 rings (SSSR count). The lowest BCUT2D eigenvalue weighted by molar-refractivity contribution is -0.00161. The number of carbonyl (C=O) groups excluding carboxylic acids is 1. The summed E-state index contributed by atoms with van der Waals surface area (Å²) in [5.74, 6) is 0. The molecule has 2 N–H and O–H groups in total. The highest BCUT2D eigenvalue weighted by Crippen LogP contribution is 2.24. The standard InChI is InChI=1S/C18H28N2O3/c1-4-14-7-6-8-15(5-2)17(14)19-18(22)20-9-10-23-12-16(20)11-13(3)21/h6-8,13,16,21H,4-5,9-12H2,1-3H3,(H,19,22)/t13-,16+/m1/s1. The van der Waals surface area contributed by atoms with Crippen LogP contribution in [0.15, 0.2) is 18.2 Å². The highest BCUT2D eigenvalue weighted by molar-refractivity contribution is 5.91. The van der Waals surface area contributed by atoms with E-state index in [4.69, 9.17) is 4.74 Å². The Morgan fingerprint density at radius 2 is 2.04 bits per heavy atom. The summed E-state index contributed by atoms with van der Waals surface area (Å²) in [5.41, 5.74) is 3.24. The minimum Gasteiger partial charge on any atom is -0.393 e. The maximum Gasteiger partial charge on any atom is 0.322 e. The van der Waals surface area contributed by atoms with Crippen LogP contribution < -0.4 is 5.32 Å². The van der Waals surface area contributed by atoms with E-state index in [1.807, 2.05) is 6.07 Å². The first-order chi connectivity index (χ1) is 11.1. The molecule has 1 saturated heterocycles. The second kappa shape index (κ2) is 8.31. The first-order valence-corrected chi connectivity index (χ1v) is 8.51. The SMILES string of the molecule is CCc1cccc(CC)c1NC(=O)N1CCOC[C@@H]1C[C@@H](C)O. The van der Waals surface area contributed by atoms with Gasteiger partial charge in [0.2, 0.25) is 0 Å². The zero-order valence-corrected chi connectivity index (χ0v) is 14.3. The molecular formula is C18H28N2O3. The van der Waals surface area contributed by atoms with Crippen LogP contribution in [0.25, 0.3) is 0 Å². The predicted octanol–water partition coefficient (Wildman–Crippen LogP) is 2.82. The Morgan fingerprint density at radius 3 is 2.61 bits per heavy atom. The summed E-state index contributed by atoms with van der Waals surface area (Å²) in [5, 5.41) is 12.7. The first-order valence-electron chi connectivity index (χ1n) is 8.51. The Morgan fingerprint density at radius 1 is 1.39 bits per heavy atom. The highest BCUT2D eigenvalue weighted by atomic mass is 16.5. The van der Waals surface area contributed by atoms with Gasteiger partial charge in [-0.15, -0.1) is 0 Å². The summed E-state index contributed by atoms with van der Waals surface area (Å²) < 4.78 is 5.47. The summed E-state index contributed by atoms with van der Waals surface area (Å²) in [7, 11) is 0. The van der Waals surface area contributed by atoms with Gasteiger partial charge in [-0.1, -0.05) is 32.0 Å². The van der Waals surface area contributed by atoms with Crippen LogP contribution in [0.5, 0.6) is 0 Å². The smallest absolute Gasteiger partial charge is 0.322 e. The fraction of sp³-hybridized carbons (Fsp3) is 0.611. The molecule has 2 atom stereocenters. The topological polar surface area (TPSA) is 61.8 Å². The molecule has 0 bridgehead atoms. The van der Waals surface area contributed by atoms with Gasteiger partial charge in [0.1, 0.15) is 0 Å². The Kier molecular flexibility index (Phi) is 6.42. The van der Waals surface area contributed by atoms with E-state index >= 15 is 0 Å². The molecule has 23 heavy (non-hydrogen) atoms. The van der Waals surface area contributed by atoms with Crippen molar-refractivity contribution in [3.63, 3.8) is 0 Å². The molecule has 1 heterocycles.